The smallest absolute Gasteiger partial charge is 0.233 e. The van der Waals surface area contributed by atoms with Crippen molar-refractivity contribution in [3.05, 3.63) is 29.8 Å². The lowest BCUT2D eigenvalue weighted by Crippen LogP contribution is -2.40. The molecule has 1 aliphatic heterocycles. The van der Waals surface area contributed by atoms with Crippen molar-refractivity contribution in [2.75, 3.05) is 20.2 Å². The van der Waals surface area contributed by atoms with Crippen molar-refractivity contribution in [1.82, 2.24) is 4.90 Å². The topological polar surface area (TPSA) is 29.5 Å². The van der Waals surface area contributed by atoms with Crippen molar-refractivity contribution in [3.8, 4) is 5.75 Å². The first-order valence-electron chi connectivity index (χ1n) is 6.76. The van der Waals surface area contributed by atoms with Crippen LogP contribution >= 0.6 is 15.9 Å². The van der Waals surface area contributed by atoms with E-state index in [2.05, 4.69) is 15.9 Å². The number of ether oxygens (including phenoxy) is 1. The minimum atomic E-state index is -0.124. The fourth-order valence-electron chi connectivity index (χ4n) is 2.91. The molecule has 3 rings (SSSR count). The molecule has 0 aromatic heterocycles. The molecule has 2 aliphatic rings. The minimum Gasteiger partial charge on any atom is -0.492 e. The molecule has 1 aromatic rings. The normalized spacial score (nSPS) is 28.2. The van der Waals surface area contributed by atoms with Gasteiger partial charge in [-0.2, -0.15) is 0 Å². The van der Waals surface area contributed by atoms with Crippen molar-refractivity contribution < 1.29 is 9.53 Å². The van der Waals surface area contributed by atoms with E-state index >= 15 is 0 Å². The van der Waals surface area contributed by atoms with Gasteiger partial charge in [-0.3, -0.25) is 4.79 Å². The standard InChI is InChI=1S/C15H18BrNO2/c1-17(8-10-6-11(16)7-10)15(18)13-9-19-14-5-3-2-4-12(13)14/h2-5,10-11,13H,6-9H2,1H3. The lowest BCUT2D eigenvalue weighted by Gasteiger charge is -2.35. The Morgan fingerprint density at radius 2 is 2.16 bits per heavy atom. The fourth-order valence-corrected chi connectivity index (χ4v) is 3.97. The molecule has 1 aromatic carbocycles. The second-order valence-electron chi connectivity index (χ2n) is 5.55. The molecule has 0 radical (unpaired) electrons. The van der Waals surface area contributed by atoms with E-state index in [4.69, 9.17) is 4.74 Å². The third-order valence-corrected chi connectivity index (χ3v) is 4.83. The van der Waals surface area contributed by atoms with Crippen LogP contribution in [0.1, 0.15) is 24.3 Å². The number of halogens is 1. The number of likely N-dealkylation sites (N-methyl/N-ethyl adjacent to an activating group) is 1. The Morgan fingerprint density at radius 3 is 2.89 bits per heavy atom. The van der Waals surface area contributed by atoms with Crippen LogP contribution in [-0.4, -0.2) is 35.8 Å². The number of fused-ring (bicyclic) bond motifs is 1. The monoisotopic (exact) mass is 323 g/mol. The molecule has 102 valence electrons. The molecule has 0 N–H and O–H groups in total. The number of carbonyl (C=O) groups excluding carboxylic acids is 1. The van der Waals surface area contributed by atoms with E-state index in [1.807, 2.05) is 36.2 Å². The number of carbonyl (C=O) groups is 1. The summed E-state index contributed by atoms with van der Waals surface area (Å²) in [6.45, 7) is 1.34. The van der Waals surface area contributed by atoms with Gasteiger partial charge in [0.1, 0.15) is 18.3 Å². The summed E-state index contributed by atoms with van der Waals surface area (Å²) >= 11 is 3.59. The summed E-state index contributed by atoms with van der Waals surface area (Å²) in [4.78, 5) is 15.0. The van der Waals surface area contributed by atoms with E-state index in [0.29, 0.717) is 17.4 Å². The maximum atomic E-state index is 12.5. The number of amides is 1. The largest absolute Gasteiger partial charge is 0.492 e. The van der Waals surface area contributed by atoms with E-state index in [9.17, 15) is 4.79 Å². The van der Waals surface area contributed by atoms with Crippen molar-refractivity contribution in [2.24, 2.45) is 5.92 Å². The summed E-state index contributed by atoms with van der Waals surface area (Å²) in [6.07, 6.45) is 2.35. The average Bonchev–Trinajstić information content (AvgIpc) is 2.79. The van der Waals surface area contributed by atoms with Gasteiger partial charge in [0.25, 0.3) is 0 Å². The van der Waals surface area contributed by atoms with Crippen LogP contribution in [0.4, 0.5) is 0 Å². The molecule has 19 heavy (non-hydrogen) atoms. The van der Waals surface area contributed by atoms with Gasteiger partial charge in [-0.15, -0.1) is 0 Å². The highest BCUT2D eigenvalue weighted by Crippen LogP contribution is 2.36. The molecule has 4 heteroatoms. The fraction of sp³-hybridized carbons (Fsp3) is 0.533. The highest BCUT2D eigenvalue weighted by Gasteiger charge is 2.34. The van der Waals surface area contributed by atoms with Crippen LogP contribution < -0.4 is 4.74 Å². The van der Waals surface area contributed by atoms with Crippen LogP contribution in [0, 0.1) is 5.92 Å². The SMILES string of the molecule is CN(CC1CC(Br)C1)C(=O)C1COc2ccccc21. The number of benzene rings is 1. The van der Waals surface area contributed by atoms with Crippen LogP contribution in [0.15, 0.2) is 24.3 Å². The van der Waals surface area contributed by atoms with Gasteiger partial charge in [-0.25, -0.2) is 0 Å². The third kappa shape index (κ3) is 2.50. The zero-order chi connectivity index (χ0) is 13.4. The van der Waals surface area contributed by atoms with Crippen LogP contribution in [-0.2, 0) is 4.79 Å². The molecule has 1 fully saturated rings. The van der Waals surface area contributed by atoms with E-state index in [1.165, 1.54) is 12.8 Å². The molecule has 0 spiro atoms. The summed E-state index contributed by atoms with van der Waals surface area (Å²) in [6, 6.07) is 7.84. The maximum Gasteiger partial charge on any atom is 0.233 e. The van der Waals surface area contributed by atoms with Crippen LogP contribution in [0.25, 0.3) is 0 Å². The molecular weight excluding hydrogens is 306 g/mol. The zero-order valence-electron chi connectivity index (χ0n) is 11.0. The average molecular weight is 324 g/mol. The lowest BCUT2D eigenvalue weighted by molar-refractivity contribution is -0.132. The van der Waals surface area contributed by atoms with Gasteiger partial charge >= 0.3 is 0 Å². The number of rotatable bonds is 3. The minimum absolute atomic E-state index is 0.124. The van der Waals surface area contributed by atoms with Crippen LogP contribution in [0.5, 0.6) is 5.75 Å². The van der Waals surface area contributed by atoms with Crippen molar-refractivity contribution >= 4 is 21.8 Å². The number of para-hydroxylation sites is 1. The van der Waals surface area contributed by atoms with Crippen LogP contribution in [0.3, 0.4) is 0 Å². The number of hydrogen-bond acceptors (Lipinski definition) is 2. The quantitative estimate of drug-likeness (QED) is 0.800. The summed E-state index contributed by atoms with van der Waals surface area (Å²) in [5, 5.41) is 0. The Balaban J connectivity index is 1.64. The molecule has 1 unspecified atom stereocenters. The van der Waals surface area contributed by atoms with Gasteiger partial charge < -0.3 is 9.64 Å². The Labute approximate surface area is 122 Å². The molecule has 1 aliphatic carbocycles. The Hall–Kier alpha value is -1.03. The molecule has 0 saturated heterocycles. The van der Waals surface area contributed by atoms with E-state index in [1.54, 1.807) is 0 Å². The van der Waals surface area contributed by atoms with Gasteiger partial charge in [0.15, 0.2) is 0 Å². The molecule has 1 saturated carbocycles. The molecule has 1 heterocycles. The molecule has 0 bridgehead atoms. The summed E-state index contributed by atoms with van der Waals surface area (Å²) < 4.78 is 5.59. The Morgan fingerprint density at radius 1 is 1.42 bits per heavy atom. The summed E-state index contributed by atoms with van der Waals surface area (Å²) in [5.41, 5.74) is 1.03. The maximum absolute atomic E-state index is 12.5. The molecular formula is C15H18BrNO2. The highest BCUT2D eigenvalue weighted by molar-refractivity contribution is 9.09. The lowest BCUT2D eigenvalue weighted by atomic mass is 9.84. The first-order chi connectivity index (χ1) is 9.15. The first kappa shape index (κ1) is 13.0. The molecule has 1 atom stereocenters. The molecule has 1 amide bonds. The van der Waals surface area contributed by atoms with Crippen molar-refractivity contribution in [2.45, 2.75) is 23.6 Å². The Bertz CT molecular complexity index is 485. The second kappa shape index (κ2) is 5.16. The number of alkyl halides is 1. The van der Waals surface area contributed by atoms with Gasteiger partial charge in [0, 0.05) is 24.0 Å². The second-order valence-corrected chi connectivity index (χ2v) is 6.85. The van der Waals surface area contributed by atoms with Crippen molar-refractivity contribution in [1.29, 1.82) is 0 Å². The van der Waals surface area contributed by atoms with Gasteiger partial charge in [0.05, 0.1) is 0 Å². The number of hydrogen-bond donors (Lipinski definition) is 0. The van der Waals surface area contributed by atoms with E-state index < -0.39 is 0 Å². The van der Waals surface area contributed by atoms with Gasteiger partial charge in [0.2, 0.25) is 5.91 Å². The van der Waals surface area contributed by atoms with E-state index in [-0.39, 0.29) is 11.8 Å². The Kier molecular flexibility index (Phi) is 3.52. The van der Waals surface area contributed by atoms with Gasteiger partial charge in [-0.05, 0) is 24.8 Å². The first-order valence-corrected chi connectivity index (χ1v) is 7.67. The predicted molar refractivity (Wildman–Crippen MR) is 77.8 cm³/mol. The van der Waals surface area contributed by atoms with Gasteiger partial charge in [-0.1, -0.05) is 34.1 Å². The highest BCUT2D eigenvalue weighted by atomic mass is 79.9. The predicted octanol–water partition coefficient (Wildman–Crippen LogP) is 2.79. The van der Waals surface area contributed by atoms with Crippen LogP contribution in [0.2, 0.25) is 0 Å². The molecule has 3 nitrogen and oxygen atoms in total. The van der Waals surface area contributed by atoms with E-state index in [0.717, 1.165) is 17.9 Å². The number of nitrogens with zero attached hydrogens (tertiary/aromatic N) is 1. The summed E-state index contributed by atoms with van der Waals surface area (Å²) in [7, 11) is 1.91. The van der Waals surface area contributed by atoms with Crippen molar-refractivity contribution in [3.63, 3.8) is 0 Å². The summed E-state index contributed by atoms with van der Waals surface area (Å²) in [5.74, 6) is 1.57. The third-order valence-electron chi connectivity index (χ3n) is 4.08. The zero-order valence-corrected chi connectivity index (χ0v) is 12.6.